The predicted octanol–water partition coefficient (Wildman–Crippen LogP) is 4.14. The normalized spacial score (nSPS) is 20.2. The Morgan fingerprint density at radius 3 is 2.90 bits per heavy atom. The molecule has 3 heteroatoms. The van der Waals surface area contributed by atoms with Crippen molar-refractivity contribution in [3.05, 3.63) is 53.2 Å². The van der Waals surface area contributed by atoms with Crippen LogP contribution in [0, 0.1) is 0 Å². The Kier molecular flexibility index (Phi) is 3.85. The van der Waals surface area contributed by atoms with E-state index in [9.17, 15) is 0 Å². The molecule has 21 heavy (non-hydrogen) atoms. The van der Waals surface area contributed by atoms with Crippen LogP contribution in [0.1, 0.15) is 62.4 Å². The van der Waals surface area contributed by atoms with Gasteiger partial charge >= 0.3 is 0 Å². The molecule has 112 valence electrons. The van der Waals surface area contributed by atoms with Gasteiger partial charge in [0.15, 0.2) is 0 Å². The van der Waals surface area contributed by atoms with Gasteiger partial charge in [0, 0.05) is 12.5 Å². The fraction of sp³-hybridized carbons (Fsp3) is 0.500. The number of nitrogens with one attached hydrogen (secondary N) is 1. The fourth-order valence-electron chi connectivity index (χ4n) is 3.23. The summed E-state index contributed by atoms with van der Waals surface area (Å²) in [6.45, 7) is 7.45. The van der Waals surface area contributed by atoms with Crippen molar-refractivity contribution in [1.29, 1.82) is 0 Å². The van der Waals surface area contributed by atoms with Gasteiger partial charge in [-0.25, -0.2) is 4.98 Å². The van der Waals surface area contributed by atoms with Crippen LogP contribution in [0.15, 0.2) is 34.9 Å². The van der Waals surface area contributed by atoms with Crippen LogP contribution >= 0.6 is 0 Å². The van der Waals surface area contributed by atoms with Crippen molar-refractivity contribution in [2.75, 3.05) is 0 Å². The molecule has 1 unspecified atom stereocenters. The number of hydrogen-bond donors (Lipinski definition) is 1. The highest BCUT2D eigenvalue weighted by Gasteiger charge is 2.32. The van der Waals surface area contributed by atoms with E-state index in [0.29, 0.717) is 12.6 Å². The number of fused-ring (bicyclic) bond motifs is 1. The maximum atomic E-state index is 5.68. The van der Waals surface area contributed by atoms with Crippen molar-refractivity contribution in [3.63, 3.8) is 0 Å². The molecule has 0 saturated heterocycles. The van der Waals surface area contributed by atoms with Gasteiger partial charge in [-0.1, -0.05) is 45.0 Å². The van der Waals surface area contributed by atoms with Crippen molar-refractivity contribution in [2.24, 2.45) is 0 Å². The predicted molar refractivity (Wildman–Crippen MR) is 84.2 cm³/mol. The van der Waals surface area contributed by atoms with Crippen molar-refractivity contribution in [3.8, 4) is 0 Å². The van der Waals surface area contributed by atoms with Gasteiger partial charge in [0.1, 0.15) is 5.76 Å². The molecule has 0 fully saturated rings. The Balaban J connectivity index is 1.75. The number of aryl methyl sites for hydroxylation is 1. The Labute approximate surface area is 126 Å². The van der Waals surface area contributed by atoms with E-state index in [4.69, 9.17) is 4.42 Å². The van der Waals surface area contributed by atoms with E-state index >= 15 is 0 Å². The monoisotopic (exact) mass is 284 g/mol. The SMILES string of the molecule is CCc1cnc(CNC2CCC(C)(C)c3ccccc32)o1. The van der Waals surface area contributed by atoms with Crippen LogP contribution in [-0.4, -0.2) is 4.98 Å². The van der Waals surface area contributed by atoms with E-state index < -0.39 is 0 Å². The molecule has 1 atom stereocenters. The van der Waals surface area contributed by atoms with Gasteiger partial charge in [0.2, 0.25) is 5.89 Å². The number of oxazole rings is 1. The highest BCUT2D eigenvalue weighted by atomic mass is 16.4. The minimum atomic E-state index is 0.271. The van der Waals surface area contributed by atoms with Gasteiger partial charge in [-0.05, 0) is 29.4 Å². The molecular formula is C18H24N2O. The number of hydrogen-bond acceptors (Lipinski definition) is 3. The van der Waals surface area contributed by atoms with Crippen molar-refractivity contribution < 1.29 is 4.42 Å². The van der Waals surface area contributed by atoms with E-state index in [-0.39, 0.29) is 5.41 Å². The molecule has 0 aliphatic heterocycles. The van der Waals surface area contributed by atoms with Crippen LogP contribution in [0.3, 0.4) is 0 Å². The third kappa shape index (κ3) is 2.88. The number of nitrogens with zero attached hydrogens (tertiary/aromatic N) is 1. The summed E-state index contributed by atoms with van der Waals surface area (Å²) >= 11 is 0. The molecule has 1 aliphatic carbocycles. The Hall–Kier alpha value is -1.61. The molecule has 0 bridgehead atoms. The van der Waals surface area contributed by atoms with Gasteiger partial charge in [-0.3, -0.25) is 0 Å². The summed E-state index contributed by atoms with van der Waals surface area (Å²) in [6.07, 6.45) is 5.08. The van der Waals surface area contributed by atoms with Crippen LogP contribution in [0.4, 0.5) is 0 Å². The largest absolute Gasteiger partial charge is 0.444 e. The first-order valence-corrected chi connectivity index (χ1v) is 7.86. The van der Waals surface area contributed by atoms with Gasteiger partial charge in [-0.2, -0.15) is 0 Å². The lowest BCUT2D eigenvalue weighted by molar-refractivity contribution is 0.342. The van der Waals surface area contributed by atoms with E-state index in [1.807, 2.05) is 6.20 Å². The molecule has 0 saturated carbocycles. The molecule has 0 spiro atoms. The summed E-state index contributed by atoms with van der Waals surface area (Å²) in [6, 6.07) is 9.19. The van der Waals surface area contributed by atoms with E-state index in [1.165, 1.54) is 17.5 Å². The van der Waals surface area contributed by atoms with Gasteiger partial charge < -0.3 is 9.73 Å². The van der Waals surface area contributed by atoms with Gasteiger partial charge in [-0.15, -0.1) is 0 Å². The molecular weight excluding hydrogens is 260 g/mol. The maximum absolute atomic E-state index is 5.68. The summed E-state index contributed by atoms with van der Waals surface area (Å²) in [5.74, 6) is 1.74. The second-order valence-electron chi connectivity index (χ2n) is 6.52. The van der Waals surface area contributed by atoms with Crippen LogP contribution in [0.25, 0.3) is 0 Å². The Morgan fingerprint density at radius 2 is 2.14 bits per heavy atom. The smallest absolute Gasteiger partial charge is 0.208 e. The molecule has 1 aromatic carbocycles. The third-order valence-corrected chi connectivity index (χ3v) is 4.57. The minimum absolute atomic E-state index is 0.271. The number of rotatable bonds is 4. The zero-order valence-corrected chi connectivity index (χ0v) is 13.1. The van der Waals surface area contributed by atoms with Crippen molar-refractivity contribution in [2.45, 2.75) is 58.0 Å². The lowest BCUT2D eigenvalue weighted by atomic mass is 9.71. The average Bonchev–Trinajstić information content (AvgIpc) is 2.95. The first kappa shape index (κ1) is 14.3. The number of benzene rings is 1. The first-order valence-electron chi connectivity index (χ1n) is 7.86. The summed E-state index contributed by atoms with van der Waals surface area (Å²) < 4.78 is 5.68. The standard InChI is InChI=1S/C18H24N2O/c1-4-13-11-20-17(21-13)12-19-16-9-10-18(2,3)15-8-6-5-7-14(15)16/h5-8,11,16,19H,4,9-10,12H2,1-3H3. The molecule has 3 nitrogen and oxygen atoms in total. The first-order chi connectivity index (χ1) is 10.1. The molecule has 2 aromatic rings. The Morgan fingerprint density at radius 1 is 1.33 bits per heavy atom. The van der Waals surface area contributed by atoms with Crippen molar-refractivity contribution >= 4 is 0 Å². The van der Waals surface area contributed by atoms with Gasteiger partial charge in [0.25, 0.3) is 0 Å². The Bertz CT molecular complexity index is 615. The lowest BCUT2D eigenvalue weighted by Crippen LogP contribution is -2.32. The topological polar surface area (TPSA) is 38.1 Å². The molecule has 1 N–H and O–H groups in total. The van der Waals surface area contributed by atoms with Crippen LogP contribution in [0.2, 0.25) is 0 Å². The zero-order valence-electron chi connectivity index (χ0n) is 13.1. The van der Waals surface area contributed by atoms with E-state index in [2.05, 4.69) is 55.3 Å². The zero-order chi connectivity index (χ0) is 14.9. The fourth-order valence-corrected chi connectivity index (χ4v) is 3.23. The summed E-state index contributed by atoms with van der Waals surface area (Å²) in [7, 11) is 0. The summed E-state index contributed by atoms with van der Waals surface area (Å²) in [5, 5.41) is 3.61. The average molecular weight is 284 g/mol. The molecule has 1 heterocycles. The van der Waals surface area contributed by atoms with Crippen molar-refractivity contribution in [1.82, 2.24) is 10.3 Å². The van der Waals surface area contributed by atoms with E-state index in [1.54, 1.807) is 0 Å². The maximum Gasteiger partial charge on any atom is 0.208 e. The lowest BCUT2D eigenvalue weighted by Gasteiger charge is -2.37. The van der Waals surface area contributed by atoms with Crippen LogP contribution < -0.4 is 5.32 Å². The molecule has 3 rings (SSSR count). The quantitative estimate of drug-likeness (QED) is 0.917. The second kappa shape index (κ2) is 5.64. The molecule has 1 aromatic heterocycles. The molecule has 0 amide bonds. The van der Waals surface area contributed by atoms with Crippen LogP contribution in [0.5, 0.6) is 0 Å². The van der Waals surface area contributed by atoms with Gasteiger partial charge in [0.05, 0.1) is 12.7 Å². The minimum Gasteiger partial charge on any atom is -0.444 e. The second-order valence-corrected chi connectivity index (χ2v) is 6.52. The highest BCUT2D eigenvalue weighted by molar-refractivity contribution is 5.38. The summed E-state index contributed by atoms with van der Waals surface area (Å²) in [5.41, 5.74) is 3.17. The molecule has 0 radical (unpaired) electrons. The third-order valence-electron chi connectivity index (χ3n) is 4.57. The summed E-state index contributed by atoms with van der Waals surface area (Å²) in [4.78, 5) is 4.33. The van der Waals surface area contributed by atoms with E-state index in [0.717, 1.165) is 24.5 Å². The highest BCUT2D eigenvalue weighted by Crippen LogP contribution is 2.41. The number of aromatic nitrogens is 1. The van der Waals surface area contributed by atoms with Crippen LogP contribution in [-0.2, 0) is 18.4 Å². The molecule has 1 aliphatic rings.